The molecule has 1 aromatic heterocycles. The summed E-state index contributed by atoms with van der Waals surface area (Å²) in [7, 11) is 0. The lowest BCUT2D eigenvalue weighted by atomic mass is 9.93. The van der Waals surface area contributed by atoms with Gasteiger partial charge in [-0.05, 0) is 25.0 Å². The molecule has 3 rings (SSSR count). The fourth-order valence-electron chi connectivity index (χ4n) is 2.69. The number of aromatic nitrogens is 2. The van der Waals surface area contributed by atoms with Crippen molar-refractivity contribution in [3.05, 3.63) is 53.1 Å². The first-order valence-electron chi connectivity index (χ1n) is 6.78. The van der Waals surface area contributed by atoms with Crippen molar-refractivity contribution in [1.82, 2.24) is 14.9 Å². The van der Waals surface area contributed by atoms with Crippen LogP contribution in [0, 0.1) is 0 Å². The van der Waals surface area contributed by atoms with E-state index in [0.29, 0.717) is 16.5 Å². The van der Waals surface area contributed by atoms with Crippen LogP contribution < -0.4 is 0 Å². The Morgan fingerprint density at radius 2 is 2.05 bits per heavy atom. The van der Waals surface area contributed by atoms with Crippen molar-refractivity contribution in [2.75, 3.05) is 13.1 Å². The van der Waals surface area contributed by atoms with Crippen molar-refractivity contribution >= 4 is 17.5 Å². The van der Waals surface area contributed by atoms with E-state index in [2.05, 4.69) is 9.97 Å². The van der Waals surface area contributed by atoms with E-state index in [9.17, 15) is 4.79 Å². The van der Waals surface area contributed by atoms with E-state index < -0.39 is 0 Å². The highest BCUT2D eigenvalue weighted by Gasteiger charge is 2.25. The lowest BCUT2D eigenvalue weighted by molar-refractivity contribution is 0.0712. The van der Waals surface area contributed by atoms with Crippen LogP contribution in [0.4, 0.5) is 0 Å². The van der Waals surface area contributed by atoms with Crippen molar-refractivity contribution < 1.29 is 4.79 Å². The minimum atomic E-state index is 0.0265. The second-order valence-electron chi connectivity index (χ2n) is 5.05. The van der Waals surface area contributed by atoms with Gasteiger partial charge in [0.1, 0.15) is 0 Å². The van der Waals surface area contributed by atoms with Gasteiger partial charge in [-0.3, -0.25) is 4.79 Å². The summed E-state index contributed by atoms with van der Waals surface area (Å²) in [5, 5.41) is 0.521. The summed E-state index contributed by atoms with van der Waals surface area (Å²) >= 11 is 6.09. The number of likely N-dealkylation sites (tertiary alicyclic amines) is 1. The van der Waals surface area contributed by atoms with Crippen LogP contribution in [0.5, 0.6) is 0 Å². The molecule has 0 radical (unpaired) electrons. The molecule has 20 heavy (non-hydrogen) atoms. The molecule has 0 bridgehead atoms. The van der Waals surface area contributed by atoms with Crippen LogP contribution in [-0.2, 0) is 0 Å². The highest BCUT2D eigenvalue weighted by atomic mass is 35.5. The topological polar surface area (TPSA) is 49.0 Å². The summed E-state index contributed by atoms with van der Waals surface area (Å²) in [6.45, 7) is 1.52. The summed E-state index contributed by atoms with van der Waals surface area (Å²) in [6.07, 6.45) is 5.49. The number of rotatable bonds is 2. The van der Waals surface area contributed by atoms with Crippen LogP contribution in [0.1, 0.15) is 34.8 Å². The number of H-pyrrole nitrogens is 1. The van der Waals surface area contributed by atoms with Gasteiger partial charge in [-0.2, -0.15) is 0 Å². The zero-order valence-electron chi connectivity index (χ0n) is 11.1. The Morgan fingerprint density at radius 3 is 2.70 bits per heavy atom. The number of aromatic amines is 1. The Balaban J connectivity index is 1.66. The SMILES string of the molecule is O=C(c1ccccc1Cl)N1CCC(c2cnc[nH]2)CC1. The maximum atomic E-state index is 12.4. The van der Waals surface area contributed by atoms with Crippen LogP contribution >= 0.6 is 11.6 Å². The Morgan fingerprint density at radius 1 is 1.30 bits per heavy atom. The second kappa shape index (κ2) is 5.67. The smallest absolute Gasteiger partial charge is 0.255 e. The number of nitrogens with zero attached hydrogens (tertiary/aromatic N) is 2. The van der Waals surface area contributed by atoms with Gasteiger partial charge in [0.15, 0.2) is 0 Å². The van der Waals surface area contributed by atoms with E-state index in [4.69, 9.17) is 11.6 Å². The third-order valence-corrected chi connectivity index (χ3v) is 4.18. The molecule has 4 nitrogen and oxygen atoms in total. The van der Waals surface area contributed by atoms with Gasteiger partial charge in [0.05, 0.1) is 16.9 Å². The van der Waals surface area contributed by atoms with E-state index >= 15 is 0 Å². The largest absolute Gasteiger partial charge is 0.348 e. The normalized spacial score (nSPS) is 16.4. The van der Waals surface area contributed by atoms with E-state index in [1.165, 1.54) is 0 Å². The van der Waals surface area contributed by atoms with Crippen molar-refractivity contribution in [2.45, 2.75) is 18.8 Å². The summed E-state index contributed by atoms with van der Waals surface area (Å²) in [4.78, 5) is 21.5. The van der Waals surface area contributed by atoms with E-state index in [-0.39, 0.29) is 5.91 Å². The number of amides is 1. The maximum Gasteiger partial charge on any atom is 0.255 e. The second-order valence-corrected chi connectivity index (χ2v) is 5.46. The van der Waals surface area contributed by atoms with Crippen molar-refractivity contribution in [1.29, 1.82) is 0 Å². The van der Waals surface area contributed by atoms with Gasteiger partial charge in [0, 0.05) is 30.9 Å². The molecule has 2 heterocycles. The van der Waals surface area contributed by atoms with Gasteiger partial charge in [-0.25, -0.2) is 4.98 Å². The number of piperidine rings is 1. The molecular formula is C15H16ClN3O. The van der Waals surface area contributed by atoms with Gasteiger partial charge in [-0.15, -0.1) is 0 Å². The van der Waals surface area contributed by atoms with Crippen LogP contribution in [0.2, 0.25) is 5.02 Å². The first kappa shape index (κ1) is 13.2. The average Bonchev–Trinajstić information content (AvgIpc) is 3.01. The number of imidazole rings is 1. The molecule has 104 valence electrons. The average molecular weight is 290 g/mol. The van der Waals surface area contributed by atoms with Crippen LogP contribution in [-0.4, -0.2) is 33.9 Å². The lowest BCUT2D eigenvalue weighted by Gasteiger charge is -2.31. The van der Waals surface area contributed by atoms with Gasteiger partial charge < -0.3 is 9.88 Å². The van der Waals surface area contributed by atoms with Crippen LogP contribution in [0.25, 0.3) is 0 Å². The predicted molar refractivity (Wildman–Crippen MR) is 77.9 cm³/mol. The van der Waals surface area contributed by atoms with Crippen molar-refractivity contribution in [3.8, 4) is 0 Å². The molecule has 5 heteroatoms. The zero-order valence-corrected chi connectivity index (χ0v) is 11.8. The summed E-state index contributed by atoms with van der Waals surface area (Å²) < 4.78 is 0. The fraction of sp³-hybridized carbons (Fsp3) is 0.333. The molecule has 0 aliphatic carbocycles. The maximum absolute atomic E-state index is 12.4. The van der Waals surface area contributed by atoms with Gasteiger partial charge in [0.2, 0.25) is 0 Å². The number of nitrogens with one attached hydrogen (secondary N) is 1. The predicted octanol–water partition coefficient (Wildman–Crippen LogP) is 3.08. The molecule has 1 N–H and O–H groups in total. The molecule has 1 amide bonds. The van der Waals surface area contributed by atoms with Crippen molar-refractivity contribution in [2.24, 2.45) is 0 Å². The van der Waals surface area contributed by atoms with Crippen molar-refractivity contribution in [3.63, 3.8) is 0 Å². The summed E-state index contributed by atoms with van der Waals surface area (Å²) in [5.41, 5.74) is 1.75. The first-order valence-corrected chi connectivity index (χ1v) is 7.15. The Labute approximate surface area is 122 Å². The Bertz CT molecular complexity index is 589. The van der Waals surface area contributed by atoms with Gasteiger partial charge >= 0.3 is 0 Å². The van der Waals surface area contributed by atoms with Gasteiger partial charge in [-0.1, -0.05) is 23.7 Å². The van der Waals surface area contributed by atoms with E-state index in [1.807, 2.05) is 23.2 Å². The molecule has 1 fully saturated rings. The fourth-order valence-corrected chi connectivity index (χ4v) is 2.91. The molecule has 0 atom stereocenters. The van der Waals surface area contributed by atoms with Gasteiger partial charge in [0.25, 0.3) is 5.91 Å². The number of carbonyl (C=O) groups excluding carboxylic acids is 1. The molecule has 1 aromatic carbocycles. The number of hydrogen-bond donors (Lipinski definition) is 1. The molecular weight excluding hydrogens is 274 g/mol. The molecule has 1 aliphatic heterocycles. The summed E-state index contributed by atoms with van der Waals surface area (Å²) in [5.74, 6) is 0.492. The molecule has 0 saturated carbocycles. The highest BCUT2D eigenvalue weighted by Crippen LogP contribution is 2.27. The first-order chi connectivity index (χ1) is 9.75. The monoisotopic (exact) mass is 289 g/mol. The van der Waals surface area contributed by atoms with E-state index in [1.54, 1.807) is 18.5 Å². The quantitative estimate of drug-likeness (QED) is 0.923. The summed E-state index contributed by atoms with van der Waals surface area (Å²) in [6, 6.07) is 7.22. The van der Waals surface area contributed by atoms with E-state index in [0.717, 1.165) is 31.6 Å². The molecule has 0 unspecified atom stereocenters. The number of halogens is 1. The standard InChI is InChI=1S/C15H16ClN3O/c16-13-4-2-1-3-12(13)15(20)19-7-5-11(6-8-19)14-9-17-10-18-14/h1-4,9-11H,5-8H2,(H,17,18). The Hall–Kier alpha value is -1.81. The molecule has 2 aromatic rings. The Kier molecular flexibility index (Phi) is 3.74. The molecule has 1 saturated heterocycles. The van der Waals surface area contributed by atoms with Crippen LogP contribution in [0.3, 0.4) is 0 Å². The number of carbonyl (C=O) groups is 1. The zero-order chi connectivity index (χ0) is 13.9. The highest BCUT2D eigenvalue weighted by molar-refractivity contribution is 6.33. The number of benzene rings is 1. The molecule has 0 spiro atoms. The minimum absolute atomic E-state index is 0.0265. The molecule has 1 aliphatic rings. The van der Waals surface area contributed by atoms with Crippen LogP contribution in [0.15, 0.2) is 36.8 Å². The number of hydrogen-bond acceptors (Lipinski definition) is 2. The third kappa shape index (κ3) is 2.56. The minimum Gasteiger partial charge on any atom is -0.348 e. The lowest BCUT2D eigenvalue weighted by Crippen LogP contribution is -2.38. The third-order valence-electron chi connectivity index (χ3n) is 3.85.